The predicted octanol–water partition coefficient (Wildman–Crippen LogP) is 9.59. The monoisotopic (exact) mass is 734 g/mol. The molecule has 0 saturated carbocycles. The summed E-state index contributed by atoms with van der Waals surface area (Å²) in [6.07, 6.45) is 0.276. The summed E-state index contributed by atoms with van der Waals surface area (Å²) in [6, 6.07) is 55.2. The lowest BCUT2D eigenvalue weighted by molar-refractivity contribution is -0.126. The maximum Gasteiger partial charge on any atom is 0.220 e. The van der Waals surface area contributed by atoms with Gasteiger partial charge in [-0.3, -0.25) is 9.59 Å². The molecule has 0 atom stereocenters. The number of hydrogen-bond donors (Lipinski definition) is 4. The van der Waals surface area contributed by atoms with Crippen LogP contribution in [0.25, 0.3) is 43.1 Å². The lowest BCUT2D eigenvalue weighted by Gasteiger charge is -2.13. The molecular formula is C50H46N4O2. The van der Waals surface area contributed by atoms with Gasteiger partial charge in [-0.05, 0) is 88.6 Å². The summed E-state index contributed by atoms with van der Waals surface area (Å²) < 4.78 is 0. The van der Waals surface area contributed by atoms with Crippen LogP contribution < -0.4 is 21.3 Å². The average Bonchev–Trinajstić information content (AvgIpc) is 3.24. The highest BCUT2D eigenvalue weighted by atomic mass is 16.2. The van der Waals surface area contributed by atoms with E-state index in [2.05, 4.69) is 155 Å². The number of rotatable bonds is 15. The Bertz CT molecular complexity index is 2380. The van der Waals surface area contributed by atoms with Crippen LogP contribution in [0, 0.1) is 0 Å². The minimum atomic E-state index is -0.140. The quantitative estimate of drug-likeness (QED) is 0.0792. The Morgan fingerprint density at radius 3 is 1.02 bits per heavy atom. The van der Waals surface area contributed by atoms with Crippen molar-refractivity contribution in [2.24, 2.45) is 0 Å². The van der Waals surface area contributed by atoms with Crippen molar-refractivity contribution in [3.63, 3.8) is 0 Å². The molecule has 278 valence electrons. The SMILES string of the molecule is O=C(CCC(=O)NCc1cccc(CNCc2c3ccccc3cc3ccccc23)c1)NCc1cccc(CNCc2c3ccccc3cc3ccccc23)c1. The van der Waals surface area contributed by atoms with Gasteiger partial charge >= 0.3 is 0 Å². The maximum absolute atomic E-state index is 12.7. The molecule has 0 radical (unpaired) electrons. The molecule has 8 rings (SSSR count). The van der Waals surface area contributed by atoms with Crippen molar-refractivity contribution in [3.8, 4) is 0 Å². The molecule has 0 aliphatic heterocycles. The van der Waals surface area contributed by atoms with E-state index in [-0.39, 0.29) is 24.7 Å². The fourth-order valence-corrected chi connectivity index (χ4v) is 7.76. The number of benzene rings is 8. The van der Waals surface area contributed by atoms with Gasteiger partial charge in [-0.15, -0.1) is 0 Å². The molecule has 8 aromatic rings. The molecule has 0 aliphatic carbocycles. The van der Waals surface area contributed by atoms with Crippen molar-refractivity contribution in [2.75, 3.05) is 0 Å². The van der Waals surface area contributed by atoms with Gasteiger partial charge in [0.1, 0.15) is 0 Å². The third-order valence-corrected chi connectivity index (χ3v) is 10.6. The first-order valence-electron chi connectivity index (χ1n) is 19.5. The Morgan fingerprint density at radius 2 is 0.661 bits per heavy atom. The van der Waals surface area contributed by atoms with Crippen LogP contribution in [0.5, 0.6) is 0 Å². The van der Waals surface area contributed by atoms with Crippen LogP contribution in [-0.2, 0) is 48.9 Å². The minimum absolute atomic E-state index is 0.138. The highest BCUT2D eigenvalue weighted by Gasteiger charge is 2.11. The number of hydrogen-bond acceptors (Lipinski definition) is 4. The second-order valence-corrected chi connectivity index (χ2v) is 14.5. The number of amides is 2. The molecule has 0 heterocycles. The van der Waals surface area contributed by atoms with Gasteiger partial charge in [0.05, 0.1) is 0 Å². The van der Waals surface area contributed by atoms with Crippen molar-refractivity contribution in [2.45, 2.75) is 52.1 Å². The zero-order valence-electron chi connectivity index (χ0n) is 31.5. The van der Waals surface area contributed by atoms with E-state index in [0.29, 0.717) is 26.2 Å². The molecule has 0 aromatic heterocycles. The Balaban J connectivity index is 0.772. The van der Waals surface area contributed by atoms with Crippen molar-refractivity contribution in [3.05, 3.63) is 191 Å². The summed E-state index contributed by atoms with van der Waals surface area (Å²) in [7, 11) is 0. The third kappa shape index (κ3) is 8.79. The molecule has 2 amide bonds. The van der Waals surface area contributed by atoms with Gasteiger partial charge in [0.15, 0.2) is 0 Å². The molecule has 6 nitrogen and oxygen atoms in total. The highest BCUT2D eigenvalue weighted by Crippen LogP contribution is 2.30. The van der Waals surface area contributed by atoms with Crippen LogP contribution in [0.3, 0.4) is 0 Å². The van der Waals surface area contributed by atoms with Crippen molar-refractivity contribution in [1.29, 1.82) is 0 Å². The number of fused-ring (bicyclic) bond motifs is 4. The summed E-state index contributed by atoms with van der Waals surface area (Å²) in [5, 5.41) is 23.3. The van der Waals surface area contributed by atoms with Gasteiger partial charge in [-0.1, -0.05) is 146 Å². The molecule has 4 N–H and O–H groups in total. The smallest absolute Gasteiger partial charge is 0.220 e. The summed E-state index contributed by atoms with van der Waals surface area (Å²) >= 11 is 0. The van der Waals surface area contributed by atoms with Gasteiger partial charge in [0.2, 0.25) is 11.8 Å². The number of carbonyl (C=O) groups is 2. The minimum Gasteiger partial charge on any atom is -0.352 e. The number of nitrogens with one attached hydrogen (secondary N) is 4. The van der Waals surface area contributed by atoms with Gasteiger partial charge in [-0.2, -0.15) is 0 Å². The summed E-state index contributed by atoms with van der Waals surface area (Å²) in [4.78, 5) is 25.4. The van der Waals surface area contributed by atoms with Gasteiger partial charge < -0.3 is 21.3 Å². The van der Waals surface area contributed by atoms with Crippen molar-refractivity contribution < 1.29 is 9.59 Å². The van der Waals surface area contributed by atoms with Crippen molar-refractivity contribution in [1.82, 2.24) is 21.3 Å². The summed E-state index contributed by atoms with van der Waals surface area (Å²) in [5.74, 6) is -0.280. The largest absolute Gasteiger partial charge is 0.352 e. The normalized spacial score (nSPS) is 11.4. The standard InChI is InChI=1S/C50H46N4O2/c55-49(53-31-37-13-9-11-35(25-37)29-51-33-47-43-19-5-1-15-39(43)27-40-16-2-6-20-44(40)47)23-24-50(56)54-32-38-14-10-12-36(26-38)30-52-34-48-45-21-7-3-17-41(45)28-42-18-4-8-22-46(42)48/h1-22,25-28,51-52H,23-24,29-34H2,(H,53,55)(H,54,56). The Hall–Kier alpha value is -6.34. The second-order valence-electron chi connectivity index (χ2n) is 14.5. The molecule has 0 spiro atoms. The van der Waals surface area contributed by atoms with Crippen LogP contribution in [0.15, 0.2) is 158 Å². The fourth-order valence-electron chi connectivity index (χ4n) is 7.76. The third-order valence-electron chi connectivity index (χ3n) is 10.6. The molecular weight excluding hydrogens is 689 g/mol. The van der Waals surface area contributed by atoms with Gasteiger partial charge in [0, 0.05) is 52.1 Å². The van der Waals surface area contributed by atoms with Crippen LogP contribution in [0.1, 0.15) is 46.2 Å². The highest BCUT2D eigenvalue weighted by molar-refractivity contribution is 6.03. The molecule has 56 heavy (non-hydrogen) atoms. The van der Waals surface area contributed by atoms with Gasteiger partial charge in [-0.25, -0.2) is 0 Å². The van der Waals surface area contributed by atoms with Crippen LogP contribution >= 0.6 is 0 Å². The zero-order chi connectivity index (χ0) is 38.1. The Labute approximate surface area is 328 Å². The van der Waals surface area contributed by atoms with E-state index in [1.54, 1.807) is 0 Å². The molecule has 6 heteroatoms. The molecule has 0 unspecified atom stereocenters. The first-order chi connectivity index (χ1) is 27.6. The van der Waals surface area contributed by atoms with Gasteiger partial charge in [0.25, 0.3) is 0 Å². The van der Waals surface area contributed by atoms with Crippen LogP contribution in [0.2, 0.25) is 0 Å². The fraction of sp³-hybridized carbons (Fsp3) is 0.160. The summed E-state index contributed by atoms with van der Waals surface area (Å²) in [6.45, 7) is 3.75. The predicted molar refractivity (Wildman–Crippen MR) is 230 cm³/mol. The van der Waals surface area contributed by atoms with Crippen molar-refractivity contribution >= 4 is 54.9 Å². The first kappa shape index (κ1) is 36.6. The van der Waals surface area contributed by atoms with Crippen LogP contribution in [-0.4, -0.2) is 11.8 Å². The molecule has 0 saturated heterocycles. The molecule has 0 aliphatic rings. The van der Waals surface area contributed by atoms with E-state index in [4.69, 9.17) is 0 Å². The Kier molecular flexibility index (Phi) is 11.4. The Morgan fingerprint density at radius 1 is 0.339 bits per heavy atom. The van der Waals surface area contributed by atoms with E-state index in [0.717, 1.165) is 35.3 Å². The van der Waals surface area contributed by atoms with E-state index >= 15 is 0 Å². The van der Waals surface area contributed by atoms with E-state index in [1.807, 2.05) is 24.3 Å². The first-order valence-corrected chi connectivity index (χ1v) is 19.5. The summed E-state index contributed by atoms with van der Waals surface area (Å²) in [5.41, 5.74) is 6.96. The zero-order valence-corrected chi connectivity index (χ0v) is 31.5. The molecule has 0 bridgehead atoms. The second kappa shape index (κ2) is 17.4. The van der Waals surface area contributed by atoms with Crippen LogP contribution in [0.4, 0.5) is 0 Å². The lowest BCUT2D eigenvalue weighted by atomic mass is 9.96. The molecule has 0 fully saturated rings. The average molecular weight is 735 g/mol. The van der Waals surface area contributed by atoms with E-state index in [9.17, 15) is 9.59 Å². The lowest BCUT2D eigenvalue weighted by Crippen LogP contribution is -2.27. The maximum atomic E-state index is 12.7. The number of carbonyl (C=O) groups excluding carboxylic acids is 2. The van der Waals surface area contributed by atoms with E-state index in [1.165, 1.54) is 54.2 Å². The van der Waals surface area contributed by atoms with E-state index < -0.39 is 0 Å². The molecule has 8 aromatic carbocycles. The topological polar surface area (TPSA) is 82.3 Å².